The molecule has 2 unspecified atom stereocenters. The van der Waals surface area contributed by atoms with Gasteiger partial charge < -0.3 is 9.87 Å². The van der Waals surface area contributed by atoms with Gasteiger partial charge in [0.2, 0.25) is 5.91 Å². The van der Waals surface area contributed by atoms with Gasteiger partial charge in [-0.05, 0) is 5.56 Å². The minimum atomic E-state index is -2.39. The van der Waals surface area contributed by atoms with Crippen LogP contribution in [0, 0.1) is 0 Å². The smallest absolute Gasteiger partial charge is 0.221 e. The first kappa shape index (κ1) is 12.8. The van der Waals surface area contributed by atoms with Crippen LogP contribution in [-0.2, 0) is 16.1 Å². The molecule has 1 rings (SSSR count). The first-order chi connectivity index (χ1) is 7.63. The average Bonchev–Trinajstić information content (AvgIpc) is 2.28. The largest absolute Gasteiger partial charge is 0.760 e. The number of carbonyl (C=O) groups is 1. The van der Waals surface area contributed by atoms with Gasteiger partial charge in [-0.25, -0.2) is 4.72 Å². The van der Waals surface area contributed by atoms with E-state index in [1.54, 1.807) is 24.3 Å². The Labute approximate surface area is 96.7 Å². The van der Waals surface area contributed by atoms with Gasteiger partial charge in [-0.1, -0.05) is 30.3 Å². The molecule has 0 saturated carbocycles. The molecule has 88 valence electrons. The van der Waals surface area contributed by atoms with Gasteiger partial charge in [0.25, 0.3) is 0 Å². The lowest BCUT2D eigenvalue weighted by molar-refractivity contribution is -0.121. The van der Waals surface area contributed by atoms with Gasteiger partial charge in [0.15, 0.2) is 0 Å². The van der Waals surface area contributed by atoms with Crippen molar-refractivity contribution in [1.29, 1.82) is 0 Å². The predicted molar refractivity (Wildman–Crippen MR) is 59.9 cm³/mol. The van der Waals surface area contributed by atoms with Crippen molar-refractivity contribution in [2.45, 2.75) is 12.5 Å². The third-order valence-electron chi connectivity index (χ3n) is 2.11. The van der Waals surface area contributed by atoms with Crippen LogP contribution < -0.4 is 10.0 Å². The predicted octanol–water partition coefficient (Wildman–Crippen LogP) is 0.248. The molecule has 5 nitrogen and oxygen atoms in total. The van der Waals surface area contributed by atoms with E-state index in [0.717, 1.165) is 5.56 Å². The minimum Gasteiger partial charge on any atom is -0.760 e. The van der Waals surface area contributed by atoms with E-state index in [1.807, 2.05) is 6.07 Å². The summed E-state index contributed by atoms with van der Waals surface area (Å²) < 4.78 is 23.5. The highest BCUT2D eigenvalue weighted by molar-refractivity contribution is 7.77. The van der Waals surface area contributed by atoms with Crippen molar-refractivity contribution in [1.82, 2.24) is 10.0 Å². The molecule has 0 spiro atoms. The van der Waals surface area contributed by atoms with Gasteiger partial charge in [-0.15, -0.1) is 0 Å². The lowest BCUT2D eigenvalue weighted by Gasteiger charge is -2.19. The fourth-order valence-corrected chi connectivity index (χ4v) is 1.77. The monoisotopic (exact) mass is 241 g/mol. The maximum Gasteiger partial charge on any atom is 0.221 e. The summed E-state index contributed by atoms with van der Waals surface area (Å²) in [6.45, 7) is 0. The minimum absolute atomic E-state index is 0.0779. The molecule has 0 aliphatic rings. The first-order valence-electron chi connectivity index (χ1n) is 4.74. The molecule has 0 aliphatic heterocycles. The molecule has 0 fully saturated rings. The topological polar surface area (TPSA) is 81.3 Å². The zero-order valence-corrected chi connectivity index (χ0v) is 9.62. The molecular weight excluding hydrogens is 228 g/mol. The van der Waals surface area contributed by atoms with Crippen molar-refractivity contribution in [2.75, 3.05) is 7.05 Å². The van der Waals surface area contributed by atoms with Gasteiger partial charge in [-0.2, -0.15) is 0 Å². The van der Waals surface area contributed by atoms with Crippen molar-refractivity contribution >= 4 is 17.2 Å². The summed E-state index contributed by atoms with van der Waals surface area (Å²) in [7, 11) is 1.51. The molecule has 0 saturated heterocycles. The summed E-state index contributed by atoms with van der Waals surface area (Å²) in [5.41, 5.74) is 0.760. The fourth-order valence-electron chi connectivity index (χ4n) is 1.32. The molecule has 1 amide bonds. The van der Waals surface area contributed by atoms with Crippen LogP contribution in [0.25, 0.3) is 0 Å². The van der Waals surface area contributed by atoms with Crippen LogP contribution in [0.2, 0.25) is 0 Å². The number of hydrogen-bond donors (Lipinski definition) is 2. The Morgan fingerprint density at radius 2 is 2.06 bits per heavy atom. The first-order valence-corrected chi connectivity index (χ1v) is 5.82. The Bertz CT molecular complexity index is 370. The number of amides is 1. The highest BCUT2D eigenvalue weighted by Gasteiger charge is 2.14. The van der Waals surface area contributed by atoms with E-state index in [9.17, 15) is 13.6 Å². The molecule has 0 aliphatic carbocycles. The maximum atomic E-state index is 11.2. The van der Waals surface area contributed by atoms with Gasteiger partial charge in [0, 0.05) is 24.7 Å². The standard InChI is InChI=1S/C10H14N2O3S/c1-11-10(13)7-9(12-16(14)15)8-5-3-2-4-6-8/h2-6,9,12H,7H2,1H3,(H,11,13)(H,14,15)/p-1. The molecule has 0 radical (unpaired) electrons. The van der Waals surface area contributed by atoms with Crippen LogP contribution >= 0.6 is 0 Å². The van der Waals surface area contributed by atoms with Crippen molar-refractivity contribution in [3.05, 3.63) is 35.9 Å². The highest BCUT2D eigenvalue weighted by atomic mass is 32.2. The van der Waals surface area contributed by atoms with Crippen molar-refractivity contribution in [3.63, 3.8) is 0 Å². The lowest BCUT2D eigenvalue weighted by Crippen LogP contribution is -2.29. The van der Waals surface area contributed by atoms with E-state index in [0.29, 0.717) is 0 Å². The average molecular weight is 241 g/mol. The Balaban J connectivity index is 2.79. The summed E-state index contributed by atoms with van der Waals surface area (Å²) in [4.78, 5) is 11.2. The highest BCUT2D eigenvalue weighted by Crippen LogP contribution is 2.16. The quantitative estimate of drug-likeness (QED) is 0.725. The Morgan fingerprint density at radius 1 is 1.44 bits per heavy atom. The van der Waals surface area contributed by atoms with Crippen LogP contribution in [0.1, 0.15) is 18.0 Å². The van der Waals surface area contributed by atoms with E-state index >= 15 is 0 Å². The number of hydrogen-bond acceptors (Lipinski definition) is 3. The van der Waals surface area contributed by atoms with Crippen LogP contribution in [0.4, 0.5) is 0 Å². The van der Waals surface area contributed by atoms with Crippen LogP contribution in [0.15, 0.2) is 30.3 Å². The maximum absolute atomic E-state index is 11.2. The number of benzene rings is 1. The normalized spacial score (nSPS) is 14.1. The summed E-state index contributed by atoms with van der Waals surface area (Å²) in [6.07, 6.45) is 0.0779. The lowest BCUT2D eigenvalue weighted by atomic mass is 10.0. The molecule has 6 heteroatoms. The Morgan fingerprint density at radius 3 is 2.56 bits per heavy atom. The fraction of sp³-hybridized carbons (Fsp3) is 0.300. The van der Waals surface area contributed by atoms with Crippen LogP contribution in [-0.4, -0.2) is 21.7 Å². The van der Waals surface area contributed by atoms with Gasteiger partial charge in [-0.3, -0.25) is 9.00 Å². The number of carbonyl (C=O) groups excluding carboxylic acids is 1. The third kappa shape index (κ3) is 4.09. The van der Waals surface area contributed by atoms with E-state index in [1.165, 1.54) is 7.05 Å². The van der Waals surface area contributed by atoms with Crippen LogP contribution in [0.3, 0.4) is 0 Å². The van der Waals surface area contributed by atoms with E-state index < -0.39 is 17.3 Å². The zero-order valence-electron chi connectivity index (χ0n) is 8.80. The summed E-state index contributed by atoms with van der Waals surface area (Å²) in [5.74, 6) is -0.216. The SMILES string of the molecule is CNC(=O)CC(NS(=O)[O-])c1ccccc1. The number of rotatable bonds is 5. The second-order valence-corrected chi connectivity index (χ2v) is 3.90. The molecule has 1 aromatic rings. The zero-order chi connectivity index (χ0) is 12.0. The van der Waals surface area contributed by atoms with Gasteiger partial charge >= 0.3 is 0 Å². The van der Waals surface area contributed by atoms with E-state index in [4.69, 9.17) is 0 Å². The molecular formula is C10H13N2O3S-. The van der Waals surface area contributed by atoms with Crippen LogP contribution in [0.5, 0.6) is 0 Å². The van der Waals surface area contributed by atoms with Gasteiger partial charge in [0.05, 0.1) is 6.04 Å². The molecule has 0 bridgehead atoms. The van der Waals surface area contributed by atoms with E-state index in [2.05, 4.69) is 10.0 Å². The molecule has 2 N–H and O–H groups in total. The second kappa shape index (κ2) is 6.37. The van der Waals surface area contributed by atoms with Gasteiger partial charge in [0.1, 0.15) is 0 Å². The Kier molecular flexibility index (Phi) is 5.10. The van der Waals surface area contributed by atoms with E-state index in [-0.39, 0.29) is 12.3 Å². The number of nitrogens with one attached hydrogen (secondary N) is 2. The van der Waals surface area contributed by atoms with Crippen molar-refractivity contribution in [3.8, 4) is 0 Å². The molecule has 1 aromatic carbocycles. The third-order valence-corrected chi connectivity index (χ3v) is 2.59. The molecule has 0 aromatic heterocycles. The van der Waals surface area contributed by atoms with Crippen molar-refractivity contribution < 1.29 is 13.6 Å². The molecule has 0 heterocycles. The molecule has 2 atom stereocenters. The summed E-state index contributed by atoms with van der Waals surface area (Å²) in [6, 6.07) is 8.43. The Hall–Kier alpha value is -1.24. The summed E-state index contributed by atoms with van der Waals surface area (Å²) >= 11 is -2.39. The van der Waals surface area contributed by atoms with Crippen molar-refractivity contribution in [2.24, 2.45) is 0 Å². The molecule has 16 heavy (non-hydrogen) atoms. The second-order valence-electron chi connectivity index (χ2n) is 3.19. The summed E-state index contributed by atoms with van der Waals surface area (Å²) in [5, 5.41) is 2.46.